The van der Waals surface area contributed by atoms with Crippen LogP contribution in [0.2, 0.25) is 0 Å². The molecule has 186 valence electrons. The summed E-state index contributed by atoms with van der Waals surface area (Å²) in [6.45, 7) is 4.74. The number of likely N-dealkylation sites (N-methyl/N-ethyl adjacent to an activating group) is 1. The molecule has 1 saturated heterocycles. The number of nitrogens with one attached hydrogen (secondary N) is 1. The van der Waals surface area contributed by atoms with Gasteiger partial charge in [0.1, 0.15) is 11.3 Å². The molecule has 0 atom stereocenters. The van der Waals surface area contributed by atoms with Crippen LogP contribution in [-0.2, 0) is 6.54 Å². The number of hydrogen-bond acceptors (Lipinski definition) is 7. The van der Waals surface area contributed by atoms with Crippen LogP contribution >= 0.6 is 11.3 Å². The van der Waals surface area contributed by atoms with Crippen molar-refractivity contribution >= 4 is 28.8 Å². The lowest BCUT2D eigenvalue weighted by atomic mass is 10.2. The molecule has 0 bridgehead atoms. The average molecular weight is 501 g/mol. The van der Waals surface area contributed by atoms with Crippen molar-refractivity contribution in [2.75, 3.05) is 43.4 Å². The Labute approximate surface area is 215 Å². The van der Waals surface area contributed by atoms with Gasteiger partial charge in [0.2, 0.25) is 0 Å². The molecule has 8 heteroatoms. The predicted octanol–water partition coefficient (Wildman–Crippen LogP) is 3.13. The fourth-order valence-electron chi connectivity index (χ4n) is 4.91. The summed E-state index contributed by atoms with van der Waals surface area (Å²) in [6, 6.07) is 12.1. The second-order valence-electron chi connectivity index (χ2n) is 9.92. The lowest BCUT2D eigenvalue weighted by Gasteiger charge is -2.34. The highest BCUT2D eigenvalue weighted by Crippen LogP contribution is 2.43. The molecule has 2 aliphatic heterocycles. The Morgan fingerprint density at radius 1 is 1.00 bits per heavy atom. The minimum atomic E-state index is -0.0444. The van der Waals surface area contributed by atoms with E-state index in [1.54, 1.807) is 22.0 Å². The molecule has 2 fully saturated rings. The van der Waals surface area contributed by atoms with E-state index in [4.69, 9.17) is 4.99 Å². The van der Waals surface area contributed by atoms with Gasteiger partial charge in [0.25, 0.3) is 5.56 Å². The lowest BCUT2D eigenvalue weighted by molar-refractivity contribution is 0.313. The van der Waals surface area contributed by atoms with Gasteiger partial charge < -0.3 is 15.1 Å². The van der Waals surface area contributed by atoms with Crippen molar-refractivity contribution in [1.29, 1.82) is 0 Å². The predicted molar refractivity (Wildman–Crippen MR) is 146 cm³/mol. The summed E-state index contributed by atoms with van der Waals surface area (Å²) < 4.78 is 1.78. The molecule has 0 spiro atoms. The van der Waals surface area contributed by atoms with Gasteiger partial charge in [-0.25, -0.2) is 9.98 Å². The molecule has 0 unspecified atom stereocenters. The van der Waals surface area contributed by atoms with Crippen LogP contribution in [0.25, 0.3) is 6.08 Å². The van der Waals surface area contributed by atoms with E-state index in [1.165, 1.54) is 23.4 Å². The van der Waals surface area contributed by atoms with Crippen molar-refractivity contribution in [3.8, 4) is 0 Å². The number of hydrogen-bond donors (Lipinski definition) is 1. The van der Waals surface area contributed by atoms with E-state index in [-0.39, 0.29) is 5.56 Å². The van der Waals surface area contributed by atoms with Gasteiger partial charge >= 0.3 is 0 Å². The van der Waals surface area contributed by atoms with E-state index in [1.807, 2.05) is 11.6 Å². The van der Waals surface area contributed by atoms with Crippen molar-refractivity contribution in [1.82, 2.24) is 14.5 Å². The number of thiazole rings is 1. The minimum Gasteiger partial charge on any atom is -0.369 e. The van der Waals surface area contributed by atoms with E-state index in [0.717, 1.165) is 61.4 Å². The van der Waals surface area contributed by atoms with Crippen LogP contribution < -0.4 is 26.5 Å². The second kappa shape index (κ2) is 10.0. The Hall–Kier alpha value is -3.23. The van der Waals surface area contributed by atoms with E-state index < -0.39 is 0 Å². The second-order valence-corrected chi connectivity index (χ2v) is 10.8. The number of fused-ring (bicyclic) bond motifs is 1. The molecule has 36 heavy (non-hydrogen) atoms. The molecule has 1 aromatic carbocycles. The third-order valence-corrected chi connectivity index (χ3v) is 8.25. The van der Waals surface area contributed by atoms with E-state index in [0.29, 0.717) is 18.0 Å². The van der Waals surface area contributed by atoms with Crippen molar-refractivity contribution in [3.05, 3.63) is 85.4 Å². The van der Waals surface area contributed by atoms with Gasteiger partial charge in [0, 0.05) is 53.7 Å². The van der Waals surface area contributed by atoms with Crippen molar-refractivity contribution in [2.24, 2.45) is 4.99 Å². The topological polar surface area (TPSA) is 65.8 Å². The molecule has 7 nitrogen and oxygen atoms in total. The van der Waals surface area contributed by atoms with Gasteiger partial charge in [-0.05, 0) is 75.1 Å². The van der Waals surface area contributed by atoms with Crippen LogP contribution in [0.1, 0.15) is 42.2 Å². The zero-order valence-corrected chi connectivity index (χ0v) is 21.5. The Kier molecular flexibility index (Phi) is 6.46. The summed E-state index contributed by atoms with van der Waals surface area (Å²) in [4.78, 5) is 28.7. The van der Waals surface area contributed by atoms with Crippen LogP contribution in [0.5, 0.6) is 0 Å². The smallest absolute Gasteiger partial charge is 0.252 e. The molecule has 0 amide bonds. The molecule has 0 radical (unpaired) electrons. The molecule has 4 heterocycles. The standard InChI is InChI=1S/C28H32N6OS/c1-32-14-16-33(17-15-32)23-11-9-22(10-12-23)30-25-5-3-2-4-21-8-13-26(35)34(28(21)31-25)18-24-27(20-6-7-20)36-19-29-24/h4-5,8-13,19-20,30H,2-3,6-7,14-18H2,1H3. The van der Waals surface area contributed by atoms with E-state index in [2.05, 4.69) is 63.6 Å². The SMILES string of the molecule is CN1CCN(c2ccc(NC3=CCCC=c4ccc(=O)n(Cc5ncsc5C5CC5)c4=N3)cc2)CC1. The minimum absolute atomic E-state index is 0.0444. The molecule has 6 rings (SSSR count). The summed E-state index contributed by atoms with van der Waals surface area (Å²) in [5.74, 6) is 1.39. The number of nitrogens with zero attached hydrogens (tertiary/aromatic N) is 5. The summed E-state index contributed by atoms with van der Waals surface area (Å²) in [5.41, 5.74) is 5.81. The van der Waals surface area contributed by atoms with Crippen LogP contribution in [0.3, 0.4) is 0 Å². The highest BCUT2D eigenvalue weighted by Gasteiger charge is 2.28. The Bertz CT molecular complexity index is 1440. The summed E-state index contributed by atoms with van der Waals surface area (Å²) >= 11 is 1.71. The van der Waals surface area contributed by atoms with Gasteiger partial charge in [-0.15, -0.1) is 11.3 Å². The average Bonchev–Trinajstić information content (AvgIpc) is 3.62. The maximum absolute atomic E-state index is 13.0. The van der Waals surface area contributed by atoms with Gasteiger partial charge in [-0.3, -0.25) is 9.36 Å². The summed E-state index contributed by atoms with van der Waals surface area (Å²) in [7, 11) is 2.18. The molecular formula is C28H32N6OS. The maximum Gasteiger partial charge on any atom is 0.252 e. The molecule has 1 aliphatic carbocycles. The molecular weight excluding hydrogens is 468 g/mol. The molecule has 3 aliphatic rings. The molecule has 1 N–H and O–H groups in total. The number of piperazine rings is 1. The normalized spacial score (nSPS) is 18.4. The van der Waals surface area contributed by atoms with Gasteiger partial charge in [-0.2, -0.15) is 0 Å². The highest BCUT2D eigenvalue weighted by molar-refractivity contribution is 7.09. The summed E-state index contributed by atoms with van der Waals surface area (Å²) in [6.07, 6.45) is 8.53. The number of allylic oxidation sites excluding steroid dienone is 1. The van der Waals surface area contributed by atoms with E-state index >= 15 is 0 Å². The lowest BCUT2D eigenvalue weighted by Crippen LogP contribution is -2.44. The van der Waals surface area contributed by atoms with Crippen LogP contribution in [0.4, 0.5) is 11.4 Å². The number of anilines is 2. The van der Waals surface area contributed by atoms with Crippen molar-refractivity contribution in [3.63, 3.8) is 0 Å². The van der Waals surface area contributed by atoms with Gasteiger partial charge in [0.15, 0.2) is 0 Å². The zero-order valence-electron chi connectivity index (χ0n) is 20.7. The van der Waals surface area contributed by atoms with Crippen LogP contribution in [-0.4, -0.2) is 47.7 Å². The third kappa shape index (κ3) is 5.01. The third-order valence-electron chi connectivity index (χ3n) is 7.22. The first-order chi connectivity index (χ1) is 17.6. The van der Waals surface area contributed by atoms with Crippen LogP contribution in [0.15, 0.2) is 63.6 Å². The molecule has 1 saturated carbocycles. The Morgan fingerprint density at radius 3 is 2.56 bits per heavy atom. The molecule has 2 aromatic heterocycles. The van der Waals surface area contributed by atoms with Crippen molar-refractivity contribution < 1.29 is 0 Å². The first-order valence-corrected chi connectivity index (χ1v) is 13.7. The number of pyridine rings is 1. The largest absolute Gasteiger partial charge is 0.369 e. The number of rotatable bonds is 6. The van der Waals surface area contributed by atoms with Crippen LogP contribution in [0, 0.1) is 0 Å². The number of benzene rings is 1. The first kappa shape index (κ1) is 23.2. The molecule has 3 aromatic rings. The maximum atomic E-state index is 13.0. The quantitative estimate of drug-likeness (QED) is 0.564. The number of aromatic nitrogens is 2. The fraction of sp³-hybridized carbons (Fsp3) is 0.393. The highest BCUT2D eigenvalue weighted by atomic mass is 32.1. The van der Waals surface area contributed by atoms with Gasteiger partial charge in [0.05, 0.1) is 17.7 Å². The van der Waals surface area contributed by atoms with Gasteiger partial charge in [-0.1, -0.05) is 6.08 Å². The first-order valence-electron chi connectivity index (χ1n) is 12.9. The Morgan fingerprint density at radius 2 is 1.78 bits per heavy atom. The zero-order chi connectivity index (χ0) is 24.5. The monoisotopic (exact) mass is 500 g/mol. The van der Waals surface area contributed by atoms with Crippen molar-refractivity contribution in [2.45, 2.75) is 38.1 Å². The summed E-state index contributed by atoms with van der Waals surface area (Å²) in [5, 5.41) is 4.49. The Balaban J connectivity index is 1.29. The van der Waals surface area contributed by atoms with E-state index in [9.17, 15) is 4.79 Å². The fourth-order valence-corrected chi connectivity index (χ4v) is 5.89.